The summed E-state index contributed by atoms with van der Waals surface area (Å²) in [5.74, 6) is 1.07. The van der Waals surface area contributed by atoms with E-state index in [1.54, 1.807) is 0 Å². The van der Waals surface area contributed by atoms with Gasteiger partial charge in [-0.25, -0.2) is 0 Å². The minimum Gasteiger partial charge on any atom is -0.339 e. The number of rotatable bonds is 7. The molecular weight excluding hydrogens is 254 g/mol. The molecule has 1 aliphatic rings. The Bertz CT molecular complexity index is 200. The van der Waals surface area contributed by atoms with Crippen molar-refractivity contribution in [3.63, 3.8) is 0 Å². The van der Waals surface area contributed by atoms with Crippen LogP contribution in [0.3, 0.4) is 0 Å². The van der Waals surface area contributed by atoms with E-state index in [9.17, 15) is 4.79 Å². The summed E-state index contributed by atoms with van der Waals surface area (Å²) >= 11 is 3.43. The van der Waals surface area contributed by atoms with Gasteiger partial charge in [-0.3, -0.25) is 4.79 Å². The number of amides is 1. The number of halogens is 1. The summed E-state index contributed by atoms with van der Waals surface area (Å²) in [5, 5.41) is 0.889. The van der Waals surface area contributed by atoms with Crippen LogP contribution in [0.5, 0.6) is 0 Å². The molecule has 0 bridgehead atoms. The highest BCUT2D eigenvalue weighted by Gasteiger charge is 2.28. The SMILES string of the molecule is CCC(CC)N(CCBr)C(=O)CC1CC1. The Morgan fingerprint density at radius 1 is 1.40 bits per heavy atom. The molecule has 0 unspecified atom stereocenters. The van der Waals surface area contributed by atoms with E-state index < -0.39 is 0 Å². The molecule has 0 aromatic rings. The number of carbonyl (C=O) groups excluding carboxylic acids is 1. The second kappa shape index (κ2) is 6.51. The average molecular weight is 276 g/mol. The van der Waals surface area contributed by atoms with Gasteiger partial charge in [-0.1, -0.05) is 29.8 Å². The maximum Gasteiger partial charge on any atom is 0.223 e. The Balaban J connectivity index is 2.48. The van der Waals surface area contributed by atoms with Gasteiger partial charge in [0.15, 0.2) is 0 Å². The first-order chi connectivity index (χ1) is 7.22. The normalized spacial score (nSPS) is 15.7. The molecule has 0 heterocycles. The van der Waals surface area contributed by atoms with E-state index in [4.69, 9.17) is 0 Å². The number of carbonyl (C=O) groups is 1. The first-order valence-corrected chi connectivity index (χ1v) is 7.20. The number of hydrogen-bond donors (Lipinski definition) is 0. The molecule has 0 aromatic heterocycles. The Hall–Kier alpha value is -0.0500. The molecular formula is C12H22BrNO. The molecule has 3 heteroatoms. The van der Waals surface area contributed by atoms with Crippen molar-refractivity contribution in [3.8, 4) is 0 Å². The van der Waals surface area contributed by atoms with Crippen LogP contribution in [0, 0.1) is 5.92 Å². The van der Waals surface area contributed by atoms with E-state index in [1.165, 1.54) is 12.8 Å². The third-order valence-electron chi connectivity index (χ3n) is 3.19. The van der Waals surface area contributed by atoms with E-state index in [0.717, 1.165) is 31.1 Å². The van der Waals surface area contributed by atoms with Crippen LogP contribution in [-0.2, 0) is 4.79 Å². The zero-order valence-electron chi connectivity index (χ0n) is 9.84. The third kappa shape index (κ3) is 4.13. The maximum atomic E-state index is 12.0. The molecule has 0 saturated heterocycles. The molecule has 88 valence electrons. The van der Waals surface area contributed by atoms with Gasteiger partial charge < -0.3 is 4.90 Å². The van der Waals surface area contributed by atoms with Crippen molar-refractivity contribution in [3.05, 3.63) is 0 Å². The Kier molecular flexibility index (Phi) is 5.65. The zero-order chi connectivity index (χ0) is 11.3. The van der Waals surface area contributed by atoms with Gasteiger partial charge in [0.1, 0.15) is 0 Å². The summed E-state index contributed by atoms with van der Waals surface area (Å²) in [6.07, 6.45) is 5.44. The maximum absolute atomic E-state index is 12.0. The quantitative estimate of drug-likeness (QED) is 0.654. The molecule has 2 nitrogen and oxygen atoms in total. The molecule has 1 fully saturated rings. The van der Waals surface area contributed by atoms with Crippen LogP contribution in [0.4, 0.5) is 0 Å². The number of hydrogen-bond acceptors (Lipinski definition) is 1. The predicted octanol–water partition coefficient (Wildman–Crippen LogP) is 3.20. The summed E-state index contributed by atoms with van der Waals surface area (Å²) in [5.41, 5.74) is 0. The van der Waals surface area contributed by atoms with Crippen molar-refractivity contribution < 1.29 is 4.79 Å². The van der Waals surface area contributed by atoms with Crippen LogP contribution in [-0.4, -0.2) is 28.7 Å². The summed E-state index contributed by atoms with van der Waals surface area (Å²) in [4.78, 5) is 14.1. The summed E-state index contributed by atoms with van der Waals surface area (Å²) in [7, 11) is 0. The van der Waals surface area contributed by atoms with Gasteiger partial charge >= 0.3 is 0 Å². The highest BCUT2D eigenvalue weighted by molar-refractivity contribution is 9.09. The van der Waals surface area contributed by atoms with E-state index in [2.05, 4.69) is 34.7 Å². The van der Waals surface area contributed by atoms with E-state index in [1.807, 2.05) is 0 Å². The van der Waals surface area contributed by atoms with Crippen molar-refractivity contribution in [1.82, 2.24) is 4.90 Å². The minimum atomic E-state index is 0.366. The highest BCUT2D eigenvalue weighted by atomic mass is 79.9. The van der Waals surface area contributed by atoms with Crippen molar-refractivity contribution >= 4 is 21.8 Å². The molecule has 0 spiro atoms. The topological polar surface area (TPSA) is 20.3 Å². The van der Waals surface area contributed by atoms with Crippen LogP contribution in [0.25, 0.3) is 0 Å². The largest absolute Gasteiger partial charge is 0.339 e. The molecule has 1 rings (SSSR count). The second-order valence-electron chi connectivity index (χ2n) is 4.39. The lowest BCUT2D eigenvalue weighted by molar-refractivity contribution is -0.133. The zero-order valence-corrected chi connectivity index (χ0v) is 11.4. The van der Waals surface area contributed by atoms with Gasteiger partial charge in [-0.15, -0.1) is 0 Å². The fourth-order valence-corrected chi connectivity index (χ4v) is 2.40. The van der Waals surface area contributed by atoms with Crippen LogP contribution < -0.4 is 0 Å². The summed E-state index contributed by atoms with van der Waals surface area (Å²) in [6, 6.07) is 0.439. The predicted molar refractivity (Wildman–Crippen MR) is 67.2 cm³/mol. The molecule has 0 aromatic carbocycles. The number of alkyl halides is 1. The van der Waals surface area contributed by atoms with Crippen LogP contribution in [0.1, 0.15) is 46.0 Å². The number of nitrogens with zero attached hydrogens (tertiary/aromatic N) is 1. The first kappa shape index (κ1) is 13.0. The monoisotopic (exact) mass is 275 g/mol. The van der Waals surface area contributed by atoms with Gasteiger partial charge in [0.05, 0.1) is 0 Å². The fourth-order valence-electron chi connectivity index (χ4n) is 2.02. The average Bonchev–Trinajstić information content (AvgIpc) is 3.02. The van der Waals surface area contributed by atoms with Crippen LogP contribution >= 0.6 is 15.9 Å². The lowest BCUT2D eigenvalue weighted by Crippen LogP contribution is -2.41. The first-order valence-electron chi connectivity index (χ1n) is 6.08. The second-order valence-corrected chi connectivity index (χ2v) is 5.19. The van der Waals surface area contributed by atoms with Crippen molar-refractivity contribution in [1.29, 1.82) is 0 Å². The lowest BCUT2D eigenvalue weighted by Gasteiger charge is -2.30. The molecule has 0 N–H and O–H groups in total. The fraction of sp³-hybridized carbons (Fsp3) is 0.917. The molecule has 0 atom stereocenters. The van der Waals surface area contributed by atoms with E-state index in [0.29, 0.717) is 17.9 Å². The lowest BCUT2D eigenvalue weighted by atomic mass is 10.1. The van der Waals surface area contributed by atoms with E-state index in [-0.39, 0.29) is 0 Å². The van der Waals surface area contributed by atoms with Gasteiger partial charge in [-0.2, -0.15) is 0 Å². The third-order valence-corrected chi connectivity index (χ3v) is 3.54. The van der Waals surface area contributed by atoms with Gasteiger partial charge in [0.25, 0.3) is 0 Å². The van der Waals surface area contributed by atoms with Gasteiger partial charge in [0.2, 0.25) is 5.91 Å². The Morgan fingerprint density at radius 3 is 2.40 bits per heavy atom. The Morgan fingerprint density at radius 2 is 2.00 bits per heavy atom. The molecule has 1 aliphatic carbocycles. The molecule has 0 aliphatic heterocycles. The van der Waals surface area contributed by atoms with Crippen molar-refractivity contribution in [2.24, 2.45) is 5.92 Å². The van der Waals surface area contributed by atoms with Crippen molar-refractivity contribution in [2.75, 3.05) is 11.9 Å². The Labute approximate surface area is 102 Å². The van der Waals surface area contributed by atoms with Gasteiger partial charge in [0, 0.05) is 24.3 Å². The van der Waals surface area contributed by atoms with E-state index >= 15 is 0 Å². The van der Waals surface area contributed by atoms with Crippen LogP contribution in [0.2, 0.25) is 0 Å². The highest BCUT2D eigenvalue weighted by Crippen LogP contribution is 2.33. The summed E-state index contributed by atoms with van der Waals surface area (Å²) < 4.78 is 0. The van der Waals surface area contributed by atoms with Crippen molar-refractivity contribution in [2.45, 2.75) is 52.0 Å². The molecule has 0 radical (unpaired) electrons. The smallest absolute Gasteiger partial charge is 0.223 e. The van der Waals surface area contributed by atoms with Crippen LogP contribution in [0.15, 0.2) is 0 Å². The molecule has 1 amide bonds. The molecule has 15 heavy (non-hydrogen) atoms. The minimum absolute atomic E-state index is 0.366. The standard InChI is InChI=1S/C12H22BrNO/c1-3-11(4-2)14(8-7-13)12(15)9-10-5-6-10/h10-11H,3-9H2,1-2H3. The van der Waals surface area contributed by atoms with Gasteiger partial charge in [-0.05, 0) is 31.6 Å². The summed E-state index contributed by atoms with van der Waals surface area (Å²) in [6.45, 7) is 5.19. The molecule has 1 saturated carbocycles.